The summed E-state index contributed by atoms with van der Waals surface area (Å²) in [4.78, 5) is 24.6. The van der Waals surface area contributed by atoms with Crippen LogP contribution >= 0.6 is 0 Å². The average molecular weight is 375 g/mol. The van der Waals surface area contributed by atoms with Gasteiger partial charge in [0.05, 0.1) is 22.7 Å². The summed E-state index contributed by atoms with van der Waals surface area (Å²) < 4.78 is 5.58. The number of nitriles is 1. The van der Waals surface area contributed by atoms with Crippen molar-refractivity contribution in [1.82, 2.24) is 14.9 Å². The summed E-state index contributed by atoms with van der Waals surface area (Å²) >= 11 is 0. The van der Waals surface area contributed by atoms with E-state index in [1.165, 1.54) is 0 Å². The molecule has 142 valence electrons. The van der Waals surface area contributed by atoms with Gasteiger partial charge in [0, 0.05) is 26.2 Å². The summed E-state index contributed by atoms with van der Waals surface area (Å²) in [5, 5.41) is 8.83. The maximum atomic E-state index is 12.5. The summed E-state index contributed by atoms with van der Waals surface area (Å²) in [6.07, 6.45) is 0.875. The van der Waals surface area contributed by atoms with E-state index in [-0.39, 0.29) is 12.5 Å². The Morgan fingerprint density at radius 3 is 2.71 bits per heavy atom. The number of aromatic nitrogens is 2. The predicted octanol–water partition coefficient (Wildman–Crippen LogP) is 2.55. The van der Waals surface area contributed by atoms with Gasteiger partial charge >= 0.3 is 0 Å². The molecule has 1 amide bonds. The molecule has 3 aromatic rings. The molecular weight excluding hydrogens is 354 g/mol. The number of amides is 1. The SMILES string of the molecule is N#Cc1ccc(OCC(=O)N2CCCN(c3nc4ccccc4[nH]3)CC2)cc1. The minimum Gasteiger partial charge on any atom is -0.484 e. The van der Waals surface area contributed by atoms with Gasteiger partial charge < -0.3 is 19.5 Å². The fraction of sp³-hybridized carbons (Fsp3) is 0.286. The Kier molecular flexibility index (Phi) is 5.11. The molecule has 1 aliphatic rings. The number of nitrogens with one attached hydrogen (secondary N) is 1. The van der Waals surface area contributed by atoms with E-state index in [1.54, 1.807) is 24.3 Å². The number of fused-ring (bicyclic) bond motifs is 1. The van der Waals surface area contributed by atoms with Gasteiger partial charge in [-0.15, -0.1) is 0 Å². The number of nitrogens with zero attached hydrogens (tertiary/aromatic N) is 4. The summed E-state index contributed by atoms with van der Waals surface area (Å²) in [5.74, 6) is 1.41. The van der Waals surface area contributed by atoms with E-state index in [0.29, 0.717) is 24.4 Å². The number of hydrogen-bond acceptors (Lipinski definition) is 5. The summed E-state index contributed by atoms with van der Waals surface area (Å²) in [6, 6.07) is 16.8. The molecule has 1 saturated heterocycles. The molecule has 0 saturated carbocycles. The third kappa shape index (κ3) is 3.91. The van der Waals surface area contributed by atoms with Crippen molar-refractivity contribution < 1.29 is 9.53 Å². The van der Waals surface area contributed by atoms with Gasteiger partial charge in [0.15, 0.2) is 6.61 Å². The monoisotopic (exact) mass is 375 g/mol. The second kappa shape index (κ2) is 8.01. The summed E-state index contributed by atoms with van der Waals surface area (Å²) in [7, 11) is 0. The fourth-order valence-corrected chi connectivity index (χ4v) is 3.33. The van der Waals surface area contributed by atoms with E-state index < -0.39 is 0 Å². The molecule has 0 radical (unpaired) electrons. The van der Waals surface area contributed by atoms with Crippen molar-refractivity contribution in [3.63, 3.8) is 0 Å². The predicted molar refractivity (Wildman–Crippen MR) is 106 cm³/mol. The van der Waals surface area contributed by atoms with E-state index in [9.17, 15) is 4.79 Å². The van der Waals surface area contributed by atoms with E-state index in [2.05, 4.69) is 20.9 Å². The molecule has 7 nitrogen and oxygen atoms in total. The fourth-order valence-electron chi connectivity index (χ4n) is 3.33. The largest absolute Gasteiger partial charge is 0.484 e. The number of ether oxygens (including phenoxy) is 1. The lowest BCUT2D eigenvalue weighted by Gasteiger charge is -2.21. The van der Waals surface area contributed by atoms with Crippen LogP contribution in [0.25, 0.3) is 11.0 Å². The Labute approximate surface area is 163 Å². The molecule has 7 heteroatoms. The Bertz CT molecular complexity index is 973. The van der Waals surface area contributed by atoms with Crippen LogP contribution < -0.4 is 9.64 Å². The number of carbonyl (C=O) groups is 1. The second-order valence-electron chi connectivity index (χ2n) is 6.72. The molecule has 0 bridgehead atoms. The molecule has 0 spiro atoms. The molecule has 1 aliphatic heterocycles. The van der Waals surface area contributed by atoms with Crippen molar-refractivity contribution in [3.8, 4) is 11.8 Å². The highest BCUT2D eigenvalue weighted by Crippen LogP contribution is 2.18. The second-order valence-corrected chi connectivity index (χ2v) is 6.72. The highest BCUT2D eigenvalue weighted by atomic mass is 16.5. The first-order valence-electron chi connectivity index (χ1n) is 9.33. The third-order valence-corrected chi connectivity index (χ3v) is 4.87. The van der Waals surface area contributed by atoms with Crippen LogP contribution in [0.3, 0.4) is 0 Å². The number of benzene rings is 2. The third-order valence-electron chi connectivity index (χ3n) is 4.87. The molecule has 4 rings (SSSR count). The molecule has 1 aromatic heterocycles. The van der Waals surface area contributed by atoms with Gasteiger partial charge in [0.2, 0.25) is 5.95 Å². The number of para-hydroxylation sites is 2. The van der Waals surface area contributed by atoms with Crippen LogP contribution in [0.1, 0.15) is 12.0 Å². The molecule has 2 aromatic carbocycles. The molecule has 1 fully saturated rings. The Hall–Kier alpha value is -3.53. The smallest absolute Gasteiger partial charge is 0.260 e. The van der Waals surface area contributed by atoms with Gasteiger partial charge in [0.25, 0.3) is 5.91 Å². The molecule has 28 heavy (non-hydrogen) atoms. The number of H-pyrrole nitrogens is 1. The minimum atomic E-state index is -0.0317. The zero-order valence-electron chi connectivity index (χ0n) is 15.5. The summed E-state index contributed by atoms with van der Waals surface area (Å²) in [6.45, 7) is 2.90. The quantitative estimate of drug-likeness (QED) is 0.757. The normalized spacial score (nSPS) is 14.5. The van der Waals surface area contributed by atoms with Crippen LogP contribution in [0.15, 0.2) is 48.5 Å². The van der Waals surface area contributed by atoms with Crippen molar-refractivity contribution in [2.24, 2.45) is 0 Å². The first kappa shape index (κ1) is 17.9. The van der Waals surface area contributed by atoms with Crippen molar-refractivity contribution in [3.05, 3.63) is 54.1 Å². The highest BCUT2D eigenvalue weighted by molar-refractivity contribution is 5.78. The maximum Gasteiger partial charge on any atom is 0.260 e. The zero-order valence-corrected chi connectivity index (χ0v) is 15.5. The lowest BCUT2D eigenvalue weighted by molar-refractivity contribution is -0.133. The van der Waals surface area contributed by atoms with Crippen LogP contribution in [0.2, 0.25) is 0 Å². The maximum absolute atomic E-state index is 12.5. The Morgan fingerprint density at radius 1 is 1.11 bits per heavy atom. The number of carbonyl (C=O) groups excluding carboxylic acids is 1. The highest BCUT2D eigenvalue weighted by Gasteiger charge is 2.21. The lowest BCUT2D eigenvalue weighted by atomic mass is 10.2. The molecule has 0 atom stereocenters. The van der Waals surface area contributed by atoms with Gasteiger partial charge in [-0.1, -0.05) is 12.1 Å². The van der Waals surface area contributed by atoms with Crippen LogP contribution in [0.4, 0.5) is 5.95 Å². The van der Waals surface area contributed by atoms with Crippen LogP contribution in [-0.2, 0) is 4.79 Å². The molecule has 0 unspecified atom stereocenters. The zero-order chi connectivity index (χ0) is 19.3. The first-order valence-corrected chi connectivity index (χ1v) is 9.33. The Balaban J connectivity index is 1.33. The summed E-state index contributed by atoms with van der Waals surface area (Å²) in [5.41, 5.74) is 2.54. The van der Waals surface area contributed by atoms with Crippen molar-refractivity contribution in [1.29, 1.82) is 5.26 Å². The standard InChI is InChI=1S/C21H21N5O2/c22-14-16-6-8-17(9-7-16)28-15-20(27)25-10-3-11-26(13-12-25)21-23-18-4-1-2-5-19(18)24-21/h1-2,4-9H,3,10-13,15H2,(H,23,24). The van der Waals surface area contributed by atoms with Gasteiger partial charge in [0.1, 0.15) is 5.75 Å². The lowest BCUT2D eigenvalue weighted by Crippen LogP contribution is -2.38. The average Bonchev–Trinajstić information content (AvgIpc) is 3.01. The Morgan fingerprint density at radius 2 is 1.93 bits per heavy atom. The van der Waals surface area contributed by atoms with Crippen molar-refractivity contribution >= 4 is 22.9 Å². The van der Waals surface area contributed by atoms with Crippen LogP contribution in [0.5, 0.6) is 5.75 Å². The van der Waals surface area contributed by atoms with Gasteiger partial charge in [-0.2, -0.15) is 5.26 Å². The van der Waals surface area contributed by atoms with Crippen LogP contribution in [-0.4, -0.2) is 53.6 Å². The van der Waals surface area contributed by atoms with Crippen molar-refractivity contribution in [2.75, 3.05) is 37.7 Å². The van der Waals surface area contributed by atoms with E-state index in [1.807, 2.05) is 29.2 Å². The molecule has 0 aliphatic carbocycles. The number of hydrogen-bond donors (Lipinski definition) is 1. The number of imidazole rings is 1. The minimum absolute atomic E-state index is 0.00343. The topological polar surface area (TPSA) is 85.2 Å². The van der Waals surface area contributed by atoms with Gasteiger partial charge in [-0.3, -0.25) is 4.79 Å². The number of aromatic amines is 1. The molecule has 1 N–H and O–H groups in total. The number of rotatable bonds is 4. The van der Waals surface area contributed by atoms with Crippen molar-refractivity contribution in [2.45, 2.75) is 6.42 Å². The van der Waals surface area contributed by atoms with E-state index in [0.717, 1.165) is 36.5 Å². The van der Waals surface area contributed by atoms with E-state index >= 15 is 0 Å². The van der Waals surface area contributed by atoms with Gasteiger partial charge in [-0.25, -0.2) is 4.98 Å². The first-order chi connectivity index (χ1) is 13.7. The van der Waals surface area contributed by atoms with Crippen LogP contribution in [0, 0.1) is 11.3 Å². The van der Waals surface area contributed by atoms with E-state index in [4.69, 9.17) is 10.00 Å². The van der Waals surface area contributed by atoms with Gasteiger partial charge in [-0.05, 0) is 42.8 Å². The molecule has 2 heterocycles. The number of anilines is 1. The molecular formula is C21H21N5O2.